The number of rotatable bonds is 6. The third-order valence-corrected chi connectivity index (χ3v) is 5.49. The van der Waals surface area contributed by atoms with Crippen molar-refractivity contribution >= 4 is 57.3 Å². The first kappa shape index (κ1) is 19.8. The topological polar surface area (TPSA) is 117 Å². The number of nitrogens with zero attached hydrogens (tertiary/aromatic N) is 2. The monoisotopic (exact) mass is 417 g/mol. The Morgan fingerprint density at radius 1 is 1.29 bits per heavy atom. The molecule has 1 aliphatic heterocycles. The minimum Gasteiger partial charge on any atom is -0.481 e. The molecule has 1 aromatic carbocycles. The number of thiazole rings is 1. The van der Waals surface area contributed by atoms with Crippen LogP contribution in [0.1, 0.15) is 16.8 Å². The molecule has 0 radical (unpaired) electrons. The molecule has 1 saturated heterocycles. The van der Waals surface area contributed by atoms with Crippen LogP contribution >= 0.6 is 23.1 Å². The molecule has 3 rings (SSSR count). The number of aryl methyl sites for hydroxylation is 1. The molecule has 1 fully saturated rings. The number of amides is 3. The number of aromatic nitrogens is 1. The molecule has 144 valence electrons. The Hall–Kier alpha value is -2.98. The van der Waals surface area contributed by atoms with Crippen molar-refractivity contribution in [2.45, 2.75) is 13.3 Å². The zero-order valence-corrected chi connectivity index (χ0v) is 16.3. The average molecular weight is 417 g/mol. The summed E-state index contributed by atoms with van der Waals surface area (Å²) >= 11 is 1.86. The number of hydrogen-bond donors (Lipinski definition) is 2. The fourth-order valence-electron chi connectivity index (χ4n) is 2.43. The van der Waals surface area contributed by atoms with Crippen molar-refractivity contribution in [3.8, 4) is 0 Å². The third-order valence-electron chi connectivity index (χ3n) is 3.78. The summed E-state index contributed by atoms with van der Waals surface area (Å²) in [5, 5.41) is 12.4. The Morgan fingerprint density at radius 2 is 2.04 bits per heavy atom. The number of benzene rings is 1. The van der Waals surface area contributed by atoms with Crippen LogP contribution in [0.3, 0.4) is 0 Å². The van der Waals surface area contributed by atoms with Crippen molar-refractivity contribution in [2.75, 3.05) is 11.9 Å². The molecular formula is C18H15N3O5S2. The number of carbonyl (C=O) groups excluding carboxylic acids is 3. The van der Waals surface area contributed by atoms with Crippen LogP contribution in [0.4, 0.5) is 9.93 Å². The molecule has 0 aliphatic carbocycles. The van der Waals surface area contributed by atoms with Gasteiger partial charge in [0.25, 0.3) is 11.1 Å². The molecule has 28 heavy (non-hydrogen) atoms. The zero-order chi connectivity index (χ0) is 20.3. The number of carboxylic acid groups (broad SMARTS) is 1. The summed E-state index contributed by atoms with van der Waals surface area (Å²) in [6.45, 7) is 1.46. The smallest absolute Gasteiger partial charge is 0.309 e. The second kappa shape index (κ2) is 8.36. The van der Waals surface area contributed by atoms with E-state index in [9.17, 15) is 19.2 Å². The number of imide groups is 1. The van der Waals surface area contributed by atoms with Crippen molar-refractivity contribution in [2.24, 2.45) is 0 Å². The van der Waals surface area contributed by atoms with E-state index < -0.39 is 29.6 Å². The van der Waals surface area contributed by atoms with Crippen LogP contribution in [0.5, 0.6) is 0 Å². The van der Waals surface area contributed by atoms with Crippen molar-refractivity contribution in [1.82, 2.24) is 9.88 Å². The molecular weight excluding hydrogens is 402 g/mol. The number of aliphatic carboxylic acids is 1. The van der Waals surface area contributed by atoms with Gasteiger partial charge in [-0.15, -0.1) is 11.3 Å². The minimum atomic E-state index is -1.03. The van der Waals surface area contributed by atoms with E-state index in [0.29, 0.717) is 5.69 Å². The number of anilines is 1. The van der Waals surface area contributed by atoms with Crippen LogP contribution in [0, 0.1) is 6.92 Å². The summed E-state index contributed by atoms with van der Waals surface area (Å²) in [5.41, 5.74) is 2.11. The summed E-state index contributed by atoms with van der Waals surface area (Å²) < 4.78 is 0. The maximum Gasteiger partial charge on any atom is 0.309 e. The standard InChI is InChI=1S/C18H15N3O5S2/c1-10-4-2-3-5-11(10)6-13-16(25)21(18(26)28-13)8-14(22)20-17-19-12(9-27-17)7-15(23)24/h2-6,9H,7-8H2,1H3,(H,23,24)(H,19,20,22)/b13-6-. The highest BCUT2D eigenvalue weighted by molar-refractivity contribution is 8.18. The van der Waals surface area contributed by atoms with Gasteiger partial charge in [-0.2, -0.15) is 0 Å². The first-order valence-corrected chi connectivity index (χ1v) is 9.80. The van der Waals surface area contributed by atoms with E-state index in [-0.39, 0.29) is 16.5 Å². The molecule has 2 aromatic rings. The lowest BCUT2D eigenvalue weighted by molar-refractivity contribution is -0.136. The fraction of sp³-hybridized carbons (Fsp3) is 0.167. The highest BCUT2D eigenvalue weighted by atomic mass is 32.2. The van der Waals surface area contributed by atoms with Gasteiger partial charge in [0, 0.05) is 5.38 Å². The van der Waals surface area contributed by atoms with Crippen molar-refractivity contribution in [3.05, 3.63) is 51.4 Å². The van der Waals surface area contributed by atoms with Gasteiger partial charge in [0.15, 0.2) is 5.13 Å². The van der Waals surface area contributed by atoms with Gasteiger partial charge in [-0.05, 0) is 35.9 Å². The molecule has 0 bridgehead atoms. The predicted octanol–water partition coefficient (Wildman–Crippen LogP) is 2.75. The van der Waals surface area contributed by atoms with Crippen LogP contribution in [0.15, 0.2) is 34.6 Å². The van der Waals surface area contributed by atoms with E-state index in [4.69, 9.17) is 5.11 Å². The maximum absolute atomic E-state index is 12.5. The number of carbonyl (C=O) groups is 4. The van der Waals surface area contributed by atoms with E-state index in [2.05, 4.69) is 10.3 Å². The highest BCUT2D eigenvalue weighted by Gasteiger charge is 2.36. The second-order valence-corrected chi connectivity index (χ2v) is 7.74. The molecule has 0 saturated carbocycles. The van der Waals surface area contributed by atoms with Crippen molar-refractivity contribution in [3.63, 3.8) is 0 Å². The van der Waals surface area contributed by atoms with E-state index in [1.165, 1.54) is 5.38 Å². The van der Waals surface area contributed by atoms with Crippen LogP contribution in [0.25, 0.3) is 6.08 Å². The Kier molecular flexibility index (Phi) is 5.90. The molecule has 10 heteroatoms. The Balaban J connectivity index is 1.65. The first-order chi connectivity index (χ1) is 13.3. The van der Waals surface area contributed by atoms with Crippen LogP contribution in [-0.4, -0.2) is 44.6 Å². The number of nitrogens with one attached hydrogen (secondary N) is 1. The molecule has 2 heterocycles. The van der Waals surface area contributed by atoms with Gasteiger partial charge in [0.2, 0.25) is 5.91 Å². The van der Waals surface area contributed by atoms with E-state index in [0.717, 1.165) is 39.1 Å². The van der Waals surface area contributed by atoms with E-state index >= 15 is 0 Å². The second-order valence-electron chi connectivity index (χ2n) is 5.89. The normalized spacial score (nSPS) is 15.3. The largest absolute Gasteiger partial charge is 0.481 e. The minimum absolute atomic E-state index is 0.212. The maximum atomic E-state index is 12.5. The first-order valence-electron chi connectivity index (χ1n) is 8.10. The summed E-state index contributed by atoms with van der Waals surface area (Å²) in [4.78, 5) is 52.6. The van der Waals surface area contributed by atoms with Crippen molar-refractivity contribution in [1.29, 1.82) is 0 Å². The predicted molar refractivity (Wildman–Crippen MR) is 106 cm³/mol. The van der Waals surface area contributed by atoms with Crippen molar-refractivity contribution < 1.29 is 24.3 Å². The lowest BCUT2D eigenvalue weighted by Gasteiger charge is -2.11. The average Bonchev–Trinajstić information content (AvgIpc) is 3.15. The van der Waals surface area contributed by atoms with Gasteiger partial charge in [-0.25, -0.2) is 4.98 Å². The quantitative estimate of drug-likeness (QED) is 0.694. The van der Waals surface area contributed by atoms with Gasteiger partial charge in [0.1, 0.15) is 6.54 Å². The van der Waals surface area contributed by atoms with Gasteiger partial charge < -0.3 is 10.4 Å². The lowest BCUT2D eigenvalue weighted by atomic mass is 10.1. The summed E-state index contributed by atoms with van der Waals surface area (Å²) in [7, 11) is 0. The highest BCUT2D eigenvalue weighted by Crippen LogP contribution is 2.32. The van der Waals surface area contributed by atoms with Crippen LogP contribution in [-0.2, 0) is 20.8 Å². The van der Waals surface area contributed by atoms with Crippen LogP contribution < -0.4 is 5.32 Å². The Morgan fingerprint density at radius 3 is 2.75 bits per heavy atom. The SMILES string of the molecule is Cc1ccccc1/C=C1\SC(=O)N(CC(=O)Nc2nc(CC(=O)O)cs2)C1=O. The molecule has 0 spiro atoms. The number of hydrogen-bond acceptors (Lipinski definition) is 7. The summed E-state index contributed by atoms with van der Waals surface area (Å²) in [5.74, 6) is -2.14. The Bertz CT molecular complexity index is 999. The van der Waals surface area contributed by atoms with E-state index in [1.807, 2.05) is 31.2 Å². The van der Waals surface area contributed by atoms with Gasteiger partial charge >= 0.3 is 5.97 Å². The number of carboxylic acids is 1. The van der Waals surface area contributed by atoms with Gasteiger partial charge in [-0.1, -0.05) is 24.3 Å². The fourth-order valence-corrected chi connectivity index (χ4v) is 3.98. The van der Waals surface area contributed by atoms with Gasteiger partial charge in [0.05, 0.1) is 17.0 Å². The lowest BCUT2D eigenvalue weighted by Crippen LogP contribution is -2.36. The molecule has 2 N–H and O–H groups in total. The number of thioether (sulfide) groups is 1. The van der Waals surface area contributed by atoms with E-state index in [1.54, 1.807) is 6.08 Å². The zero-order valence-electron chi connectivity index (χ0n) is 14.7. The molecule has 1 aromatic heterocycles. The molecule has 3 amide bonds. The van der Waals surface area contributed by atoms with Gasteiger partial charge in [-0.3, -0.25) is 24.1 Å². The molecule has 8 nitrogen and oxygen atoms in total. The molecule has 0 atom stereocenters. The van der Waals surface area contributed by atoms with Crippen LogP contribution in [0.2, 0.25) is 0 Å². The summed E-state index contributed by atoms with van der Waals surface area (Å²) in [6, 6.07) is 7.45. The third kappa shape index (κ3) is 4.65. The Labute approximate surface area is 168 Å². The summed E-state index contributed by atoms with van der Waals surface area (Å²) in [6.07, 6.45) is 1.39. The molecule has 1 aliphatic rings. The molecule has 0 unspecified atom stereocenters.